The molecule has 0 fully saturated rings. The van der Waals surface area contributed by atoms with Gasteiger partial charge in [-0.1, -0.05) is 17.9 Å². The third-order valence-corrected chi connectivity index (χ3v) is 2.21. The minimum Gasteiger partial charge on any atom is -0.392 e. The van der Waals surface area contributed by atoms with E-state index in [2.05, 4.69) is 24.5 Å². The van der Waals surface area contributed by atoms with E-state index < -0.39 is 0 Å². The zero-order valence-corrected chi connectivity index (χ0v) is 9.14. The molecule has 0 radical (unpaired) electrons. The molecule has 2 heteroatoms. The highest BCUT2D eigenvalue weighted by atomic mass is 32.1. The molecule has 14 heavy (non-hydrogen) atoms. The number of aliphatic hydroxyl groups is 1. The van der Waals surface area contributed by atoms with Crippen LogP contribution in [0.3, 0.4) is 0 Å². The normalized spacial score (nSPS) is 9.36. The quantitative estimate of drug-likeness (QED) is 0.561. The molecule has 0 aliphatic rings. The van der Waals surface area contributed by atoms with Crippen molar-refractivity contribution in [3.63, 3.8) is 0 Å². The highest BCUT2D eigenvalue weighted by molar-refractivity contribution is 7.80. The van der Waals surface area contributed by atoms with Crippen molar-refractivity contribution in [3.05, 3.63) is 34.9 Å². The molecule has 1 aromatic rings. The molecule has 0 spiro atoms. The highest BCUT2D eigenvalue weighted by Crippen LogP contribution is 2.10. The lowest BCUT2D eigenvalue weighted by atomic mass is 10.1. The van der Waals surface area contributed by atoms with Crippen LogP contribution in [0.15, 0.2) is 18.2 Å². The van der Waals surface area contributed by atoms with Gasteiger partial charge in [-0.05, 0) is 30.2 Å². The summed E-state index contributed by atoms with van der Waals surface area (Å²) in [6, 6.07) is 5.85. The van der Waals surface area contributed by atoms with Crippen molar-refractivity contribution in [2.45, 2.75) is 20.0 Å². The summed E-state index contributed by atoms with van der Waals surface area (Å²) in [5.74, 6) is 6.88. The van der Waals surface area contributed by atoms with Crippen molar-refractivity contribution in [2.24, 2.45) is 0 Å². The van der Waals surface area contributed by atoms with Gasteiger partial charge in [-0.15, -0.1) is 0 Å². The molecule has 74 valence electrons. The fourth-order valence-electron chi connectivity index (χ4n) is 1.17. The fraction of sp³-hybridized carbons (Fsp3) is 0.333. The minimum absolute atomic E-state index is 0.0934. The van der Waals surface area contributed by atoms with E-state index in [1.807, 2.05) is 25.1 Å². The van der Waals surface area contributed by atoms with E-state index in [1.165, 1.54) is 0 Å². The van der Waals surface area contributed by atoms with Crippen molar-refractivity contribution in [1.29, 1.82) is 0 Å². The summed E-state index contributed by atoms with van der Waals surface area (Å²) in [5, 5.41) is 8.98. The number of thiol groups is 1. The lowest BCUT2D eigenvalue weighted by Crippen LogP contribution is -1.88. The predicted molar refractivity (Wildman–Crippen MR) is 62.4 cm³/mol. The van der Waals surface area contributed by atoms with Crippen LogP contribution >= 0.6 is 12.6 Å². The molecule has 1 rings (SSSR count). The molecule has 0 aliphatic carbocycles. The molecule has 0 saturated heterocycles. The van der Waals surface area contributed by atoms with Gasteiger partial charge in [0, 0.05) is 17.7 Å². The summed E-state index contributed by atoms with van der Waals surface area (Å²) in [7, 11) is 0. The molecular formula is C12H14OS. The van der Waals surface area contributed by atoms with Crippen LogP contribution in [-0.2, 0) is 6.61 Å². The maximum Gasteiger partial charge on any atom is 0.0684 e. The zero-order valence-electron chi connectivity index (χ0n) is 8.25. The predicted octanol–water partition coefficient (Wildman–Crippen LogP) is 2.16. The number of aliphatic hydroxyl groups excluding tert-OH is 1. The van der Waals surface area contributed by atoms with Gasteiger partial charge in [0.1, 0.15) is 0 Å². The van der Waals surface area contributed by atoms with E-state index in [-0.39, 0.29) is 6.61 Å². The Morgan fingerprint density at radius 1 is 1.43 bits per heavy atom. The third kappa shape index (κ3) is 3.10. The summed E-state index contributed by atoms with van der Waals surface area (Å²) in [6.45, 7) is 2.07. The van der Waals surface area contributed by atoms with E-state index in [1.54, 1.807) is 0 Å². The molecule has 0 atom stereocenters. The Balaban J connectivity index is 2.82. The van der Waals surface area contributed by atoms with Gasteiger partial charge in [0.25, 0.3) is 0 Å². The molecule has 0 unspecified atom stereocenters. The number of rotatable bonds is 2. The molecule has 0 heterocycles. The first-order valence-corrected chi connectivity index (χ1v) is 5.21. The summed E-state index contributed by atoms with van der Waals surface area (Å²) >= 11 is 4.08. The highest BCUT2D eigenvalue weighted by Gasteiger charge is 1.96. The SMILES string of the molecule is Cc1cc(C#CCCS)ccc1CO. The Hall–Kier alpha value is -0.910. The molecular weight excluding hydrogens is 192 g/mol. The average Bonchev–Trinajstić information content (AvgIpc) is 2.18. The Morgan fingerprint density at radius 3 is 2.79 bits per heavy atom. The van der Waals surface area contributed by atoms with Crippen LogP contribution in [-0.4, -0.2) is 10.9 Å². The standard InChI is InChI=1S/C12H14OS/c1-10-8-11(4-2-3-7-14)5-6-12(10)9-13/h5-6,8,13-14H,3,7,9H2,1H3. The van der Waals surface area contributed by atoms with E-state index in [4.69, 9.17) is 5.11 Å². The van der Waals surface area contributed by atoms with Gasteiger partial charge in [0.2, 0.25) is 0 Å². The molecule has 0 bridgehead atoms. The summed E-state index contributed by atoms with van der Waals surface area (Å²) in [4.78, 5) is 0. The molecule has 0 saturated carbocycles. The van der Waals surface area contributed by atoms with Crippen LogP contribution < -0.4 is 0 Å². The third-order valence-electron chi connectivity index (χ3n) is 1.98. The number of aryl methyl sites for hydroxylation is 1. The zero-order chi connectivity index (χ0) is 10.4. The van der Waals surface area contributed by atoms with Crippen LogP contribution in [0.1, 0.15) is 23.1 Å². The monoisotopic (exact) mass is 206 g/mol. The van der Waals surface area contributed by atoms with Crippen LogP contribution in [0, 0.1) is 18.8 Å². The van der Waals surface area contributed by atoms with Gasteiger partial charge >= 0.3 is 0 Å². The van der Waals surface area contributed by atoms with Gasteiger partial charge < -0.3 is 5.11 Å². The fourth-order valence-corrected chi connectivity index (χ4v) is 1.28. The first-order chi connectivity index (χ1) is 6.77. The first-order valence-electron chi connectivity index (χ1n) is 4.58. The smallest absolute Gasteiger partial charge is 0.0684 e. The first kappa shape index (κ1) is 11.2. The Morgan fingerprint density at radius 2 is 2.21 bits per heavy atom. The van der Waals surface area contributed by atoms with Gasteiger partial charge in [0.15, 0.2) is 0 Å². The molecule has 0 aliphatic heterocycles. The second-order valence-electron chi connectivity index (χ2n) is 3.07. The molecule has 0 amide bonds. The van der Waals surface area contributed by atoms with Gasteiger partial charge in [-0.2, -0.15) is 12.6 Å². The number of hydrogen-bond donors (Lipinski definition) is 2. The van der Waals surface area contributed by atoms with E-state index in [0.29, 0.717) is 0 Å². The molecule has 0 aromatic heterocycles. The van der Waals surface area contributed by atoms with Crippen molar-refractivity contribution in [3.8, 4) is 11.8 Å². The second kappa shape index (κ2) is 5.74. The van der Waals surface area contributed by atoms with Crippen molar-refractivity contribution in [1.82, 2.24) is 0 Å². The van der Waals surface area contributed by atoms with Gasteiger partial charge in [-0.25, -0.2) is 0 Å². The summed E-state index contributed by atoms with van der Waals surface area (Å²) in [5.41, 5.74) is 3.05. The van der Waals surface area contributed by atoms with E-state index >= 15 is 0 Å². The molecule has 1 N–H and O–H groups in total. The molecule has 1 nitrogen and oxygen atoms in total. The molecule has 1 aromatic carbocycles. The van der Waals surface area contributed by atoms with Crippen molar-refractivity contribution >= 4 is 12.6 Å². The van der Waals surface area contributed by atoms with Gasteiger partial charge in [0.05, 0.1) is 6.61 Å². The van der Waals surface area contributed by atoms with Crippen LogP contribution in [0.5, 0.6) is 0 Å². The summed E-state index contributed by atoms with van der Waals surface area (Å²) < 4.78 is 0. The van der Waals surface area contributed by atoms with Crippen LogP contribution in [0.2, 0.25) is 0 Å². The maximum atomic E-state index is 8.98. The van der Waals surface area contributed by atoms with Crippen LogP contribution in [0.25, 0.3) is 0 Å². The second-order valence-corrected chi connectivity index (χ2v) is 3.52. The van der Waals surface area contributed by atoms with E-state index in [0.717, 1.165) is 28.9 Å². The van der Waals surface area contributed by atoms with Crippen molar-refractivity contribution in [2.75, 3.05) is 5.75 Å². The minimum atomic E-state index is 0.0934. The Kier molecular flexibility index (Phi) is 4.58. The summed E-state index contributed by atoms with van der Waals surface area (Å²) in [6.07, 6.45) is 0.809. The number of hydrogen-bond acceptors (Lipinski definition) is 2. The lowest BCUT2D eigenvalue weighted by Gasteiger charge is -2.01. The lowest BCUT2D eigenvalue weighted by molar-refractivity contribution is 0.281. The topological polar surface area (TPSA) is 20.2 Å². The Bertz CT molecular complexity index is 360. The van der Waals surface area contributed by atoms with Crippen LogP contribution in [0.4, 0.5) is 0 Å². The largest absolute Gasteiger partial charge is 0.392 e. The van der Waals surface area contributed by atoms with E-state index in [9.17, 15) is 0 Å². The Labute approximate surface area is 90.6 Å². The number of benzene rings is 1. The van der Waals surface area contributed by atoms with Crippen molar-refractivity contribution < 1.29 is 5.11 Å². The average molecular weight is 206 g/mol. The van der Waals surface area contributed by atoms with Gasteiger partial charge in [-0.3, -0.25) is 0 Å². The maximum absolute atomic E-state index is 8.98.